The number of para-hydroxylation sites is 1. The van der Waals surface area contributed by atoms with Gasteiger partial charge in [-0.15, -0.1) is 11.3 Å². The zero-order valence-corrected chi connectivity index (χ0v) is 24.5. The van der Waals surface area contributed by atoms with E-state index < -0.39 is 6.04 Å². The molecule has 9 nitrogen and oxygen atoms in total. The number of rotatable bonds is 14. The van der Waals surface area contributed by atoms with Gasteiger partial charge >= 0.3 is 0 Å². The van der Waals surface area contributed by atoms with Gasteiger partial charge in [0.1, 0.15) is 21.7 Å². The number of nitrogens with one attached hydrogen (secondary N) is 1. The van der Waals surface area contributed by atoms with Crippen molar-refractivity contribution in [3.8, 4) is 17.2 Å². The van der Waals surface area contributed by atoms with Crippen molar-refractivity contribution in [3.63, 3.8) is 0 Å². The fraction of sp³-hybridized carbons (Fsp3) is 0.452. The highest BCUT2D eigenvalue weighted by Crippen LogP contribution is 2.34. The summed E-state index contributed by atoms with van der Waals surface area (Å²) >= 11 is 1.43. The number of benzene rings is 1. The number of oxazole rings is 1. The number of nitrogens with zero attached hydrogens (tertiary/aromatic N) is 4. The van der Waals surface area contributed by atoms with Gasteiger partial charge in [0, 0.05) is 18.2 Å². The van der Waals surface area contributed by atoms with E-state index in [0.29, 0.717) is 47.2 Å². The summed E-state index contributed by atoms with van der Waals surface area (Å²) in [4.78, 5) is 41.7. The number of hydrogen-bond acceptors (Lipinski definition) is 9. The maximum absolute atomic E-state index is 13.3. The molecular weight excluding hydrogens is 538 g/mol. The molecule has 0 saturated carbocycles. The lowest BCUT2D eigenvalue weighted by Crippen LogP contribution is -2.28. The van der Waals surface area contributed by atoms with E-state index in [4.69, 9.17) is 9.15 Å². The van der Waals surface area contributed by atoms with Gasteiger partial charge in [-0.2, -0.15) is 0 Å². The summed E-state index contributed by atoms with van der Waals surface area (Å²) in [6.45, 7) is 4.83. The summed E-state index contributed by atoms with van der Waals surface area (Å²) in [7, 11) is 1.58. The van der Waals surface area contributed by atoms with Gasteiger partial charge in [0.2, 0.25) is 11.8 Å². The topological polar surface area (TPSA) is 110 Å². The third-order valence-corrected chi connectivity index (χ3v) is 8.43. The minimum absolute atomic E-state index is 0.189. The van der Waals surface area contributed by atoms with E-state index in [0.717, 1.165) is 54.8 Å². The van der Waals surface area contributed by atoms with Crippen molar-refractivity contribution in [2.24, 2.45) is 0 Å². The molecule has 0 bridgehead atoms. The zero-order valence-electron chi connectivity index (χ0n) is 23.7. The van der Waals surface area contributed by atoms with Crippen LogP contribution in [0.2, 0.25) is 0 Å². The van der Waals surface area contributed by atoms with Gasteiger partial charge in [0.25, 0.3) is 5.91 Å². The van der Waals surface area contributed by atoms with Crippen LogP contribution in [0.15, 0.2) is 47.1 Å². The molecule has 216 valence electrons. The summed E-state index contributed by atoms with van der Waals surface area (Å²) in [6, 6.07) is 9.36. The lowest BCUT2D eigenvalue weighted by atomic mass is 10.0. The van der Waals surface area contributed by atoms with Crippen LogP contribution in [0, 0.1) is 0 Å². The van der Waals surface area contributed by atoms with Crippen LogP contribution >= 0.6 is 11.3 Å². The molecule has 1 aliphatic rings. The standard InChI is InChI=1S/C31H37N5O4S/c1-3-22(37)12-5-4-6-14-25(34-29(38)27-19-32-28(41-27)20-36-15-9-10-16-36)31-33-18-26(40-31)23-17-21-11-7-8-13-24(21)35-30(23)39-2/h7-8,11,13,17-19,25H,3-6,9-10,12,14-16,20H2,1-2H3,(H,34,38). The molecule has 1 amide bonds. The fourth-order valence-electron chi connectivity index (χ4n) is 5.13. The van der Waals surface area contributed by atoms with Crippen molar-refractivity contribution in [1.82, 2.24) is 25.2 Å². The van der Waals surface area contributed by atoms with Crippen LogP contribution in [0.1, 0.15) is 84.9 Å². The first-order valence-corrected chi connectivity index (χ1v) is 15.2. The summed E-state index contributed by atoms with van der Waals surface area (Å²) < 4.78 is 11.8. The second kappa shape index (κ2) is 13.8. The molecule has 0 aliphatic carbocycles. The normalized spacial score (nSPS) is 14.4. The second-order valence-electron chi connectivity index (χ2n) is 10.4. The third kappa shape index (κ3) is 7.37. The largest absolute Gasteiger partial charge is 0.480 e. The average molecular weight is 576 g/mol. The molecule has 1 aliphatic heterocycles. The number of Topliss-reactive ketones (excluding diaryl/α,β-unsaturated/α-hetero) is 1. The predicted octanol–water partition coefficient (Wildman–Crippen LogP) is 6.35. The Morgan fingerprint density at radius 2 is 1.95 bits per heavy atom. The van der Waals surface area contributed by atoms with Gasteiger partial charge in [0.15, 0.2) is 5.76 Å². The smallest absolute Gasteiger partial charge is 0.263 e. The molecule has 1 N–H and O–H groups in total. The fourth-order valence-corrected chi connectivity index (χ4v) is 6.00. The first-order valence-electron chi connectivity index (χ1n) is 14.4. The van der Waals surface area contributed by atoms with Gasteiger partial charge < -0.3 is 14.5 Å². The highest BCUT2D eigenvalue weighted by Gasteiger charge is 2.24. The number of thiazole rings is 1. The number of unbranched alkanes of at least 4 members (excludes halogenated alkanes) is 2. The number of ether oxygens (including phenoxy) is 1. The number of hydrogen-bond donors (Lipinski definition) is 1. The molecule has 1 fully saturated rings. The molecular formula is C31H37N5O4S. The number of carbonyl (C=O) groups is 2. The molecule has 4 heterocycles. The molecule has 0 radical (unpaired) electrons. The third-order valence-electron chi connectivity index (χ3n) is 7.45. The number of carbonyl (C=O) groups excluding carboxylic acids is 2. The molecule has 3 aromatic heterocycles. The van der Waals surface area contributed by atoms with Gasteiger partial charge in [-0.3, -0.25) is 14.5 Å². The Morgan fingerprint density at radius 1 is 1.12 bits per heavy atom. The Labute approximate surface area is 244 Å². The first-order chi connectivity index (χ1) is 20.0. The van der Waals surface area contributed by atoms with E-state index in [1.165, 1.54) is 24.2 Å². The quantitative estimate of drug-likeness (QED) is 0.173. The van der Waals surface area contributed by atoms with Crippen LogP contribution in [-0.2, 0) is 11.3 Å². The van der Waals surface area contributed by atoms with Crippen LogP contribution in [-0.4, -0.2) is 51.7 Å². The first kappa shape index (κ1) is 28.9. The summed E-state index contributed by atoms with van der Waals surface area (Å²) in [6.07, 6.45) is 10.1. The number of likely N-dealkylation sites (tertiary alicyclic amines) is 1. The molecule has 10 heteroatoms. The van der Waals surface area contributed by atoms with Crippen molar-refractivity contribution in [2.45, 2.75) is 70.9 Å². The molecule has 41 heavy (non-hydrogen) atoms. The number of aromatic nitrogens is 3. The predicted molar refractivity (Wildman–Crippen MR) is 159 cm³/mol. The minimum atomic E-state index is -0.429. The van der Waals surface area contributed by atoms with Crippen LogP contribution in [0.4, 0.5) is 0 Å². The maximum atomic E-state index is 13.3. The molecule has 1 saturated heterocycles. The SMILES string of the molecule is CCC(=O)CCCCCC(NC(=O)c1cnc(CN2CCCC2)s1)c1ncc(-c2cc3ccccc3nc2OC)o1. The zero-order chi connectivity index (χ0) is 28.6. The van der Waals surface area contributed by atoms with Crippen LogP contribution < -0.4 is 10.1 Å². The maximum Gasteiger partial charge on any atom is 0.263 e. The number of methoxy groups -OCH3 is 1. The average Bonchev–Trinajstić information content (AvgIpc) is 3.78. The second-order valence-corrected chi connectivity index (χ2v) is 11.5. The summed E-state index contributed by atoms with van der Waals surface area (Å²) in [5.41, 5.74) is 1.52. The lowest BCUT2D eigenvalue weighted by Gasteiger charge is -2.15. The van der Waals surface area contributed by atoms with E-state index in [2.05, 4.69) is 25.2 Å². The summed E-state index contributed by atoms with van der Waals surface area (Å²) in [5.74, 6) is 1.48. The van der Waals surface area contributed by atoms with Crippen molar-refractivity contribution in [3.05, 3.63) is 58.5 Å². The van der Waals surface area contributed by atoms with Gasteiger partial charge in [-0.1, -0.05) is 38.0 Å². The highest BCUT2D eigenvalue weighted by atomic mass is 32.1. The molecule has 1 atom stereocenters. The van der Waals surface area contributed by atoms with E-state index >= 15 is 0 Å². The number of amides is 1. The molecule has 1 unspecified atom stereocenters. The Morgan fingerprint density at radius 3 is 2.76 bits per heavy atom. The Hall–Kier alpha value is -3.63. The summed E-state index contributed by atoms with van der Waals surface area (Å²) in [5, 5.41) is 5.05. The van der Waals surface area contributed by atoms with Crippen LogP contribution in [0.5, 0.6) is 5.88 Å². The van der Waals surface area contributed by atoms with Crippen molar-refractivity contribution < 1.29 is 18.7 Å². The molecule has 1 aromatic carbocycles. The van der Waals surface area contributed by atoms with Crippen molar-refractivity contribution in [1.29, 1.82) is 0 Å². The van der Waals surface area contributed by atoms with Crippen LogP contribution in [0.25, 0.3) is 22.2 Å². The number of ketones is 1. The van der Waals surface area contributed by atoms with Gasteiger partial charge in [-0.25, -0.2) is 15.0 Å². The van der Waals surface area contributed by atoms with E-state index in [1.54, 1.807) is 19.5 Å². The highest BCUT2D eigenvalue weighted by molar-refractivity contribution is 7.13. The van der Waals surface area contributed by atoms with E-state index in [9.17, 15) is 9.59 Å². The Kier molecular flexibility index (Phi) is 9.74. The van der Waals surface area contributed by atoms with Gasteiger partial charge in [-0.05, 0) is 50.9 Å². The van der Waals surface area contributed by atoms with Crippen molar-refractivity contribution >= 4 is 33.9 Å². The van der Waals surface area contributed by atoms with Crippen molar-refractivity contribution in [2.75, 3.05) is 20.2 Å². The Balaban J connectivity index is 1.33. The van der Waals surface area contributed by atoms with Crippen LogP contribution in [0.3, 0.4) is 0 Å². The molecule has 5 rings (SSSR count). The molecule has 4 aromatic rings. The minimum Gasteiger partial charge on any atom is -0.480 e. The molecule has 0 spiro atoms. The Bertz CT molecular complexity index is 1480. The lowest BCUT2D eigenvalue weighted by molar-refractivity contribution is -0.118. The number of pyridine rings is 1. The van der Waals surface area contributed by atoms with Gasteiger partial charge in [0.05, 0.1) is 37.1 Å². The monoisotopic (exact) mass is 575 g/mol. The van der Waals surface area contributed by atoms with E-state index in [1.807, 2.05) is 37.3 Å². The number of fused-ring (bicyclic) bond motifs is 1. The van der Waals surface area contributed by atoms with E-state index in [-0.39, 0.29) is 11.7 Å².